The molecule has 1 aliphatic heterocycles. The van der Waals surface area contributed by atoms with Crippen molar-refractivity contribution in [1.82, 2.24) is 20.6 Å². The van der Waals surface area contributed by atoms with Gasteiger partial charge in [0.2, 0.25) is 5.91 Å². The Kier molecular flexibility index (Phi) is 8.99. The van der Waals surface area contributed by atoms with Gasteiger partial charge in [-0.25, -0.2) is 9.97 Å². The monoisotopic (exact) mass is 482 g/mol. The molecule has 2 unspecified atom stereocenters. The van der Waals surface area contributed by atoms with E-state index in [9.17, 15) is 9.59 Å². The number of nitrogens with one attached hydrogen (secondary N) is 2. The number of hydrogen-bond donors (Lipinski definition) is 2. The number of rotatable bonds is 11. The van der Waals surface area contributed by atoms with Gasteiger partial charge in [-0.1, -0.05) is 30.3 Å². The molecule has 0 bridgehead atoms. The van der Waals surface area contributed by atoms with Gasteiger partial charge in [-0.15, -0.1) is 0 Å². The first kappa shape index (κ1) is 26.8. The molecule has 35 heavy (non-hydrogen) atoms. The van der Waals surface area contributed by atoms with Gasteiger partial charge in [-0.3, -0.25) is 9.59 Å². The Balaban J connectivity index is 1.71. The maximum Gasteiger partial charge on any atom is 0.481 e. The summed E-state index contributed by atoms with van der Waals surface area (Å²) in [6.45, 7) is 7.92. The van der Waals surface area contributed by atoms with Crippen molar-refractivity contribution >= 4 is 18.9 Å². The molecule has 1 saturated heterocycles. The molecule has 188 valence electrons. The zero-order valence-electron chi connectivity index (χ0n) is 21.1. The van der Waals surface area contributed by atoms with Crippen LogP contribution in [0.4, 0.5) is 0 Å². The van der Waals surface area contributed by atoms with Crippen LogP contribution in [0.5, 0.6) is 0 Å². The zero-order valence-corrected chi connectivity index (χ0v) is 21.1. The van der Waals surface area contributed by atoms with Crippen LogP contribution >= 0.6 is 0 Å². The molecule has 2 heterocycles. The molecule has 2 N–H and O–H groups in total. The normalized spacial score (nSPS) is 18.0. The lowest BCUT2D eigenvalue weighted by atomic mass is 9.75. The van der Waals surface area contributed by atoms with E-state index in [2.05, 4.69) is 32.7 Å². The fraction of sp³-hybridized carbons (Fsp3) is 0.520. The van der Waals surface area contributed by atoms with Crippen LogP contribution in [0.15, 0.2) is 49.1 Å². The summed E-state index contributed by atoms with van der Waals surface area (Å²) in [6, 6.07) is 9.27. The summed E-state index contributed by atoms with van der Waals surface area (Å²) in [4.78, 5) is 33.6. The van der Waals surface area contributed by atoms with E-state index in [0.717, 1.165) is 12.8 Å². The van der Waals surface area contributed by atoms with Gasteiger partial charge in [0.05, 0.1) is 29.3 Å². The van der Waals surface area contributed by atoms with E-state index in [0.29, 0.717) is 6.42 Å². The van der Waals surface area contributed by atoms with E-state index in [-0.39, 0.29) is 18.1 Å². The van der Waals surface area contributed by atoms with Crippen molar-refractivity contribution in [2.75, 3.05) is 13.7 Å². The van der Waals surface area contributed by atoms with Gasteiger partial charge in [0.25, 0.3) is 5.91 Å². The molecule has 2 atom stereocenters. The number of hydrogen-bond acceptors (Lipinski definition) is 7. The highest BCUT2D eigenvalue weighted by Crippen LogP contribution is 2.38. The third kappa shape index (κ3) is 7.10. The largest absolute Gasteiger partial charge is 0.481 e. The summed E-state index contributed by atoms with van der Waals surface area (Å²) >= 11 is 0. The van der Waals surface area contributed by atoms with Crippen molar-refractivity contribution in [3.63, 3.8) is 0 Å². The minimum Gasteiger partial charge on any atom is -0.402 e. The van der Waals surface area contributed by atoms with E-state index in [1.54, 1.807) is 0 Å². The second kappa shape index (κ2) is 11.7. The van der Waals surface area contributed by atoms with E-state index in [4.69, 9.17) is 14.0 Å². The lowest BCUT2D eigenvalue weighted by Crippen LogP contribution is -2.56. The van der Waals surface area contributed by atoms with Crippen LogP contribution in [-0.2, 0) is 25.3 Å². The van der Waals surface area contributed by atoms with Gasteiger partial charge in [-0.05, 0) is 52.5 Å². The van der Waals surface area contributed by atoms with Gasteiger partial charge >= 0.3 is 7.12 Å². The zero-order chi connectivity index (χ0) is 25.5. The van der Waals surface area contributed by atoms with Crippen molar-refractivity contribution in [3.8, 4) is 0 Å². The Labute approximate surface area is 207 Å². The smallest absolute Gasteiger partial charge is 0.402 e. The number of carbonyl (C=O) groups excluding carboxylic acids is 2. The second-order valence-electron chi connectivity index (χ2n) is 9.73. The molecule has 0 aliphatic carbocycles. The molecule has 1 aromatic heterocycles. The Bertz CT molecular complexity index is 958. The molecule has 0 radical (unpaired) electrons. The topological polar surface area (TPSA) is 112 Å². The summed E-state index contributed by atoms with van der Waals surface area (Å²) in [5.41, 5.74) is 0.411. The Morgan fingerprint density at radius 3 is 2.26 bits per heavy atom. The molecular weight excluding hydrogens is 447 g/mol. The molecule has 9 nitrogen and oxygen atoms in total. The molecule has 2 amide bonds. The van der Waals surface area contributed by atoms with Crippen molar-refractivity contribution < 1.29 is 23.6 Å². The highest BCUT2D eigenvalue weighted by atomic mass is 16.7. The SMILES string of the molecule is COCC(NC(=O)c1cncnc1)C(=O)NC(CCCc1ccccc1)B1OC(C)(C)C(C)(C)O1. The summed E-state index contributed by atoms with van der Waals surface area (Å²) in [5.74, 6) is -1.25. The third-order valence-electron chi connectivity index (χ3n) is 6.53. The molecule has 1 aromatic carbocycles. The molecule has 0 saturated carbocycles. The lowest BCUT2D eigenvalue weighted by Gasteiger charge is -2.32. The van der Waals surface area contributed by atoms with Gasteiger partial charge in [0.15, 0.2) is 0 Å². The van der Waals surface area contributed by atoms with Crippen LogP contribution < -0.4 is 10.6 Å². The fourth-order valence-electron chi connectivity index (χ4n) is 3.79. The molecule has 0 spiro atoms. The molecule has 2 aromatic rings. The van der Waals surface area contributed by atoms with Gasteiger partial charge < -0.3 is 24.7 Å². The number of ether oxygens (including phenoxy) is 1. The van der Waals surface area contributed by atoms with Crippen molar-refractivity contribution in [3.05, 3.63) is 60.2 Å². The van der Waals surface area contributed by atoms with Crippen molar-refractivity contribution in [2.45, 2.75) is 70.1 Å². The minimum absolute atomic E-state index is 0.00532. The van der Waals surface area contributed by atoms with Crippen LogP contribution in [0, 0.1) is 0 Å². The van der Waals surface area contributed by atoms with Crippen molar-refractivity contribution in [1.29, 1.82) is 0 Å². The number of nitrogens with zero attached hydrogens (tertiary/aromatic N) is 2. The molecule has 1 fully saturated rings. The number of aromatic nitrogens is 2. The Morgan fingerprint density at radius 1 is 1.03 bits per heavy atom. The van der Waals surface area contributed by atoms with Crippen LogP contribution in [0.1, 0.15) is 56.5 Å². The molecule has 3 rings (SSSR count). The van der Waals surface area contributed by atoms with E-state index in [1.165, 1.54) is 31.4 Å². The average Bonchev–Trinajstić information content (AvgIpc) is 3.05. The highest BCUT2D eigenvalue weighted by Gasteiger charge is 2.54. The van der Waals surface area contributed by atoms with Crippen LogP contribution in [0.2, 0.25) is 0 Å². The Morgan fingerprint density at radius 2 is 1.66 bits per heavy atom. The quantitative estimate of drug-likeness (QED) is 0.473. The highest BCUT2D eigenvalue weighted by molar-refractivity contribution is 6.48. The summed E-state index contributed by atoms with van der Waals surface area (Å²) in [5, 5.41) is 5.75. The number of methoxy groups -OCH3 is 1. The predicted octanol–water partition coefficient (Wildman–Crippen LogP) is 2.36. The predicted molar refractivity (Wildman–Crippen MR) is 133 cm³/mol. The third-order valence-corrected chi connectivity index (χ3v) is 6.53. The maximum atomic E-state index is 13.3. The Hall–Kier alpha value is -2.82. The summed E-state index contributed by atoms with van der Waals surface area (Å²) < 4.78 is 17.7. The van der Waals surface area contributed by atoms with E-state index >= 15 is 0 Å². The molecule has 10 heteroatoms. The number of amides is 2. The first-order valence-electron chi connectivity index (χ1n) is 11.9. The standard InChI is InChI=1S/C25H35BN4O5/c1-24(2)25(3,4)35-26(34-24)21(13-9-12-18-10-7-6-8-11-18)30-23(32)20(16-33-5)29-22(31)19-14-27-17-28-15-19/h6-8,10-11,14-15,17,20-21H,9,12-13,16H2,1-5H3,(H,29,31)(H,30,32). The molecule has 1 aliphatic rings. The van der Waals surface area contributed by atoms with Crippen LogP contribution in [0.25, 0.3) is 0 Å². The van der Waals surface area contributed by atoms with Gasteiger partial charge in [0, 0.05) is 19.5 Å². The molecular formula is C25H35BN4O5. The maximum absolute atomic E-state index is 13.3. The first-order valence-corrected chi connectivity index (χ1v) is 11.9. The first-order chi connectivity index (χ1) is 16.6. The van der Waals surface area contributed by atoms with Crippen molar-refractivity contribution in [2.24, 2.45) is 0 Å². The minimum atomic E-state index is -0.910. The second-order valence-corrected chi connectivity index (χ2v) is 9.73. The average molecular weight is 482 g/mol. The number of aryl methyl sites for hydroxylation is 1. The van der Waals surface area contributed by atoms with E-state index < -0.39 is 36.2 Å². The van der Waals surface area contributed by atoms with Gasteiger partial charge in [0.1, 0.15) is 12.4 Å². The van der Waals surface area contributed by atoms with E-state index in [1.807, 2.05) is 45.9 Å². The summed E-state index contributed by atoms with van der Waals surface area (Å²) in [6.07, 6.45) is 6.43. The summed E-state index contributed by atoms with van der Waals surface area (Å²) in [7, 11) is 0.852. The lowest BCUT2D eigenvalue weighted by molar-refractivity contribution is -0.124. The van der Waals surface area contributed by atoms with Gasteiger partial charge in [-0.2, -0.15) is 0 Å². The van der Waals surface area contributed by atoms with Crippen LogP contribution in [-0.4, -0.2) is 65.8 Å². The number of benzene rings is 1. The van der Waals surface area contributed by atoms with Crippen LogP contribution in [0.3, 0.4) is 0 Å². The number of carbonyl (C=O) groups is 2. The fourth-order valence-corrected chi connectivity index (χ4v) is 3.79.